The summed E-state index contributed by atoms with van der Waals surface area (Å²) < 4.78 is 19.4. The maximum absolute atomic E-state index is 13.5. The van der Waals surface area contributed by atoms with Crippen LogP contribution in [0.4, 0.5) is 4.39 Å². The zero-order valence-electron chi connectivity index (χ0n) is 16.2. The molecule has 0 aliphatic carbocycles. The highest BCUT2D eigenvalue weighted by Gasteiger charge is 2.54. The number of amides is 2. The van der Waals surface area contributed by atoms with Crippen molar-refractivity contribution in [3.8, 4) is 0 Å². The van der Waals surface area contributed by atoms with Crippen molar-refractivity contribution in [2.24, 2.45) is 0 Å². The number of piperidine rings is 1. The van der Waals surface area contributed by atoms with Gasteiger partial charge in [-0.25, -0.2) is 9.18 Å². The van der Waals surface area contributed by atoms with E-state index in [1.807, 2.05) is 0 Å². The van der Waals surface area contributed by atoms with Crippen molar-refractivity contribution in [3.05, 3.63) is 71.5 Å². The monoisotopic (exact) mass is 412 g/mol. The van der Waals surface area contributed by atoms with Crippen molar-refractivity contribution in [1.82, 2.24) is 9.80 Å². The predicted octanol–water partition coefficient (Wildman–Crippen LogP) is 2.38. The first kappa shape index (κ1) is 20.0. The average Bonchev–Trinajstić information content (AvgIpc) is 3.13. The van der Waals surface area contributed by atoms with E-state index < -0.39 is 29.5 Å². The molecule has 8 heteroatoms. The molecule has 0 aromatic heterocycles. The molecule has 0 radical (unpaired) electrons. The zero-order valence-corrected chi connectivity index (χ0v) is 16.2. The minimum absolute atomic E-state index is 0.105. The van der Waals surface area contributed by atoms with E-state index in [1.54, 1.807) is 41.3 Å². The fourth-order valence-electron chi connectivity index (χ4n) is 4.14. The number of likely N-dealkylation sites (tertiary alicyclic amines) is 1. The Bertz CT molecular complexity index is 973. The standard InChI is InChI=1S/C22H21FN2O5/c23-17-8-4-7-16(13-17)19(26)24-11-9-22(10-12-24)25(18(14-30-22)21(28)29)20(27)15-5-2-1-3-6-15/h1-8,13,18H,9-12,14H2,(H,28,29)/t18-/m0/s1. The number of hydrogen-bond donors (Lipinski definition) is 1. The van der Waals surface area contributed by atoms with E-state index >= 15 is 0 Å². The molecule has 2 saturated heterocycles. The number of carboxylic acids is 1. The number of nitrogens with zero attached hydrogens (tertiary/aromatic N) is 2. The second kappa shape index (κ2) is 7.87. The number of aliphatic carboxylic acids is 1. The molecule has 2 aliphatic rings. The Labute approximate surface area is 172 Å². The summed E-state index contributed by atoms with van der Waals surface area (Å²) in [5.41, 5.74) is -0.458. The van der Waals surface area contributed by atoms with Gasteiger partial charge < -0.3 is 14.7 Å². The van der Waals surface area contributed by atoms with Gasteiger partial charge in [0.2, 0.25) is 0 Å². The highest BCUT2D eigenvalue weighted by atomic mass is 19.1. The van der Waals surface area contributed by atoms with Crippen LogP contribution in [0.3, 0.4) is 0 Å². The van der Waals surface area contributed by atoms with Crippen LogP contribution in [-0.4, -0.2) is 64.2 Å². The van der Waals surface area contributed by atoms with Gasteiger partial charge in [0.05, 0.1) is 6.61 Å². The van der Waals surface area contributed by atoms with Gasteiger partial charge in [-0.1, -0.05) is 24.3 Å². The number of rotatable bonds is 3. The number of carboxylic acid groups (broad SMARTS) is 1. The first-order valence-electron chi connectivity index (χ1n) is 9.72. The topological polar surface area (TPSA) is 87.2 Å². The van der Waals surface area contributed by atoms with Crippen LogP contribution in [0.15, 0.2) is 54.6 Å². The van der Waals surface area contributed by atoms with Crippen molar-refractivity contribution >= 4 is 17.8 Å². The summed E-state index contributed by atoms with van der Waals surface area (Å²) in [5, 5.41) is 9.63. The SMILES string of the molecule is O=C(O)[C@@H]1COC2(CCN(C(=O)c3cccc(F)c3)CC2)N1C(=O)c1ccccc1. The average molecular weight is 412 g/mol. The van der Waals surface area contributed by atoms with Crippen molar-refractivity contribution in [2.75, 3.05) is 19.7 Å². The summed E-state index contributed by atoms with van der Waals surface area (Å²) in [4.78, 5) is 40.6. The summed E-state index contributed by atoms with van der Waals surface area (Å²) >= 11 is 0. The van der Waals surface area contributed by atoms with Gasteiger partial charge in [0, 0.05) is 37.1 Å². The lowest BCUT2D eigenvalue weighted by Gasteiger charge is -2.44. The molecule has 2 amide bonds. The molecule has 7 nitrogen and oxygen atoms in total. The molecule has 1 spiro atoms. The molecule has 2 heterocycles. The van der Waals surface area contributed by atoms with Gasteiger partial charge in [0.15, 0.2) is 6.04 Å². The number of carbonyl (C=O) groups excluding carboxylic acids is 2. The van der Waals surface area contributed by atoms with Crippen LogP contribution in [0, 0.1) is 5.82 Å². The molecule has 1 atom stereocenters. The molecule has 156 valence electrons. The minimum atomic E-state index is -1.13. The molecular weight excluding hydrogens is 391 g/mol. The molecular formula is C22H21FN2O5. The molecule has 2 aromatic rings. The minimum Gasteiger partial charge on any atom is -0.480 e. The highest BCUT2D eigenvalue weighted by Crippen LogP contribution is 2.38. The van der Waals surface area contributed by atoms with Gasteiger partial charge in [-0.15, -0.1) is 0 Å². The molecule has 0 unspecified atom stereocenters. The van der Waals surface area contributed by atoms with E-state index in [9.17, 15) is 23.9 Å². The number of halogens is 1. The van der Waals surface area contributed by atoms with Gasteiger partial charge in [-0.05, 0) is 30.3 Å². The molecule has 1 N–H and O–H groups in total. The fourth-order valence-corrected chi connectivity index (χ4v) is 4.14. The lowest BCUT2D eigenvalue weighted by Crippen LogP contribution is -2.58. The normalized spacial score (nSPS) is 20.4. The number of hydrogen-bond acceptors (Lipinski definition) is 4. The third kappa shape index (κ3) is 3.54. The Hall–Kier alpha value is -3.26. The lowest BCUT2D eigenvalue weighted by molar-refractivity contribution is -0.143. The van der Waals surface area contributed by atoms with Crippen molar-refractivity contribution in [3.63, 3.8) is 0 Å². The zero-order chi connectivity index (χ0) is 21.3. The maximum atomic E-state index is 13.5. The molecule has 30 heavy (non-hydrogen) atoms. The number of ether oxygens (including phenoxy) is 1. The van der Waals surface area contributed by atoms with E-state index in [1.165, 1.54) is 23.1 Å². The van der Waals surface area contributed by atoms with Gasteiger partial charge >= 0.3 is 5.97 Å². The molecule has 2 aromatic carbocycles. The first-order valence-corrected chi connectivity index (χ1v) is 9.72. The van der Waals surface area contributed by atoms with Crippen LogP contribution in [-0.2, 0) is 9.53 Å². The van der Waals surface area contributed by atoms with Crippen LogP contribution in [0.5, 0.6) is 0 Å². The van der Waals surface area contributed by atoms with E-state index in [2.05, 4.69) is 0 Å². The molecule has 2 aliphatic heterocycles. The van der Waals surface area contributed by atoms with Gasteiger partial charge in [-0.3, -0.25) is 14.5 Å². The van der Waals surface area contributed by atoms with E-state index in [4.69, 9.17) is 4.74 Å². The van der Waals surface area contributed by atoms with E-state index in [-0.39, 0.29) is 44.0 Å². The third-order valence-corrected chi connectivity index (χ3v) is 5.69. The Morgan fingerprint density at radius 2 is 1.63 bits per heavy atom. The summed E-state index contributed by atoms with van der Waals surface area (Å²) in [6, 6.07) is 12.9. The number of benzene rings is 2. The van der Waals surface area contributed by atoms with E-state index in [0.717, 1.165) is 0 Å². The summed E-state index contributed by atoms with van der Waals surface area (Å²) in [6.45, 7) is 0.423. The van der Waals surface area contributed by atoms with Crippen molar-refractivity contribution in [2.45, 2.75) is 24.6 Å². The fraction of sp³-hybridized carbons (Fsp3) is 0.318. The Morgan fingerprint density at radius 1 is 0.967 bits per heavy atom. The quantitative estimate of drug-likeness (QED) is 0.837. The first-order chi connectivity index (χ1) is 14.4. The van der Waals surface area contributed by atoms with Crippen LogP contribution in [0.1, 0.15) is 33.6 Å². The van der Waals surface area contributed by atoms with E-state index in [0.29, 0.717) is 5.56 Å². The Balaban J connectivity index is 1.55. The second-order valence-electron chi connectivity index (χ2n) is 7.45. The number of carbonyl (C=O) groups is 3. The van der Waals surface area contributed by atoms with Crippen LogP contribution >= 0.6 is 0 Å². The van der Waals surface area contributed by atoms with Gasteiger partial charge in [0.25, 0.3) is 11.8 Å². The molecule has 2 fully saturated rings. The van der Waals surface area contributed by atoms with Crippen LogP contribution in [0.25, 0.3) is 0 Å². The van der Waals surface area contributed by atoms with Crippen molar-refractivity contribution in [1.29, 1.82) is 0 Å². The Morgan fingerprint density at radius 3 is 2.27 bits per heavy atom. The smallest absolute Gasteiger partial charge is 0.328 e. The van der Waals surface area contributed by atoms with Crippen LogP contribution in [0.2, 0.25) is 0 Å². The van der Waals surface area contributed by atoms with Gasteiger partial charge in [-0.2, -0.15) is 0 Å². The third-order valence-electron chi connectivity index (χ3n) is 5.69. The molecule has 0 saturated carbocycles. The second-order valence-corrected chi connectivity index (χ2v) is 7.45. The predicted molar refractivity (Wildman–Crippen MR) is 104 cm³/mol. The molecule has 0 bridgehead atoms. The molecule has 4 rings (SSSR count). The lowest BCUT2D eigenvalue weighted by atomic mass is 9.96. The van der Waals surface area contributed by atoms with Crippen LogP contribution < -0.4 is 0 Å². The van der Waals surface area contributed by atoms with Crippen molar-refractivity contribution < 1.29 is 28.6 Å². The summed E-state index contributed by atoms with van der Waals surface area (Å²) in [6.07, 6.45) is 0.548. The summed E-state index contributed by atoms with van der Waals surface area (Å²) in [7, 11) is 0. The highest BCUT2D eigenvalue weighted by molar-refractivity contribution is 5.97. The summed E-state index contributed by atoms with van der Waals surface area (Å²) in [5.74, 6) is -2.34. The largest absolute Gasteiger partial charge is 0.480 e. The Kier molecular flexibility index (Phi) is 5.26. The maximum Gasteiger partial charge on any atom is 0.328 e. The van der Waals surface area contributed by atoms with Gasteiger partial charge in [0.1, 0.15) is 11.5 Å².